The average Bonchev–Trinajstić information content (AvgIpc) is 2.86. The predicted octanol–water partition coefficient (Wildman–Crippen LogP) is 4.54. The number of carboxylic acid groups (broad SMARTS) is 1. The third-order valence-corrected chi connectivity index (χ3v) is 5.10. The highest BCUT2D eigenvalue weighted by Gasteiger charge is 2.15. The van der Waals surface area contributed by atoms with Crippen LogP contribution in [0.15, 0.2) is 85.3 Å². The van der Waals surface area contributed by atoms with Gasteiger partial charge in [-0.15, -0.1) is 0 Å². The molecule has 0 atom stereocenters. The van der Waals surface area contributed by atoms with Gasteiger partial charge in [-0.05, 0) is 54.1 Å². The Morgan fingerprint density at radius 2 is 1.79 bits per heavy atom. The summed E-state index contributed by atoms with van der Waals surface area (Å²) < 4.78 is 5.83. The first-order valence-electron chi connectivity index (χ1n) is 10.3. The van der Waals surface area contributed by atoms with Gasteiger partial charge in [-0.25, -0.2) is 9.78 Å². The molecular formula is C26H22N4O3. The molecule has 164 valence electrons. The average molecular weight is 438 g/mol. The highest BCUT2D eigenvalue weighted by atomic mass is 16.5. The number of carbonyl (C=O) groups is 1. The molecule has 3 N–H and O–H groups in total. The molecule has 7 heteroatoms. The lowest BCUT2D eigenvalue weighted by Gasteiger charge is -2.12. The van der Waals surface area contributed by atoms with E-state index < -0.39 is 5.97 Å². The molecule has 0 fully saturated rings. The molecule has 4 aromatic rings. The molecule has 0 unspecified atom stereocenters. The van der Waals surface area contributed by atoms with E-state index in [-0.39, 0.29) is 12.2 Å². The number of pyridine rings is 2. The van der Waals surface area contributed by atoms with Gasteiger partial charge in [0, 0.05) is 42.2 Å². The summed E-state index contributed by atoms with van der Waals surface area (Å²) in [5, 5.41) is 22.0. The van der Waals surface area contributed by atoms with Crippen LogP contribution in [0.3, 0.4) is 0 Å². The number of aromatic nitrogens is 2. The second-order valence-corrected chi connectivity index (χ2v) is 7.25. The zero-order valence-electron chi connectivity index (χ0n) is 17.9. The lowest BCUT2D eigenvalue weighted by Crippen LogP contribution is -2.09. The van der Waals surface area contributed by atoms with E-state index in [4.69, 9.17) is 10.1 Å². The molecule has 0 aliphatic rings. The number of hydrogen-bond acceptors (Lipinski definition) is 6. The van der Waals surface area contributed by atoms with E-state index in [9.17, 15) is 9.90 Å². The van der Waals surface area contributed by atoms with Crippen LogP contribution in [0.5, 0.6) is 5.75 Å². The number of carboxylic acids is 1. The fourth-order valence-corrected chi connectivity index (χ4v) is 3.45. The maximum Gasteiger partial charge on any atom is 0.337 e. The maximum atomic E-state index is 11.7. The van der Waals surface area contributed by atoms with Gasteiger partial charge < -0.3 is 15.2 Å². The van der Waals surface area contributed by atoms with Crippen molar-refractivity contribution in [2.24, 2.45) is 0 Å². The second kappa shape index (κ2) is 9.74. The normalized spacial score (nSPS) is 11.2. The van der Waals surface area contributed by atoms with Gasteiger partial charge in [0.25, 0.3) is 0 Å². The first-order chi connectivity index (χ1) is 16.1. The van der Waals surface area contributed by atoms with E-state index >= 15 is 0 Å². The Bertz CT molecular complexity index is 1330. The fraction of sp³-hybridized carbons (Fsp3) is 0.0769. The van der Waals surface area contributed by atoms with E-state index in [0.29, 0.717) is 22.7 Å². The lowest BCUT2D eigenvalue weighted by atomic mass is 9.97. The molecule has 2 aromatic carbocycles. The van der Waals surface area contributed by atoms with Crippen LogP contribution in [0.25, 0.3) is 16.5 Å². The Kier molecular flexibility index (Phi) is 6.40. The van der Waals surface area contributed by atoms with Crippen molar-refractivity contribution in [3.8, 4) is 5.75 Å². The summed E-state index contributed by atoms with van der Waals surface area (Å²) >= 11 is 0. The van der Waals surface area contributed by atoms with Crippen LogP contribution in [0.4, 0.5) is 0 Å². The Morgan fingerprint density at radius 3 is 2.48 bits per heavy atom. The number of hydrogen-bond donors (Lipinski definition) is 3. The molecule has 2 aromatic heterocycles. The molecule has 0 saturated heterocycles. The largest absolute Gasteiger partial charge is 0.487 e. The van der Waals surface area contributed by atoms with Crippen molar-refractivity contribution in [3.05, 3.63) is 108 Å². The molecule has 4 rings (SSSR count). The molecule has 0 aliphatic carbocycles. The molecule has 0 saturated carbocycles. The van der Waals surface area contributed by atoms with Gasteiger partial charge in [0.1, 0.15) is 12.4 Å². The van der Waals surface area contributed by atoms with Gasteiger partial charge in [-0.3, -0.25) is 10.4 Å². The van der Waals surface area contributed by atoms with E-state index in [1.807, 2.05) is 36.4 Å². The number of aromatic carboxylic acids is 1. The number of nitrogens with zero attached hydrogens (tertiary/aromatic N) is 2. The monoisotopic (exact) mass is 438 g/mol. The number of para-hydroxylation sites is 1. The summed E-state index contributed by atoms with van der Waals surface area (Å²) in [6.07, 6.45) is 5.16. The van der Waals surface area contributed by atoms with Crippen LogP contribution < -0.4 is 10.1 Å². The van der Waals surface area contributed by atoms with E-state index in [1.165, 1.54) is 0 Å². The minimum absolute atomic E-state index is 0.0190. The molecule has 0 bridgehead atoms. The highest BCUT2D eigenvalue weighted by Crippen LogP contribution is 2.22. The number of benzene rings is 2. The van der Waals surface area contributed by atoms with E-state index in [1.54, 1.807) is 56.0 Å². The van der Waals surface area contributed by atoms with Gasteiger partial charge in [-0.2, -0.15) is 0 Å². The van der Waals surface area contributed by atoms with Gasteiger partial charge in [0.2, 0.25) is 0 Å². The summed E-state index contributed by atoms with van der Waals surface area (Å²) in [5.41, 5.74) is 3.88. The second-order valence-electron chi connectivity index (χ2n) is 7.25. The van der Waals surface area contributed by atoms with Crippen molar-refractivity contribution in [3.63, 3.8) is 0 Å². The van der Waals surface area contributed by atoms with E-state index in [2.05, 4.69) is 15.3 Å². The van der Waals surface area contributed by atoms with Crippen LogP contribution in [0.1, 0.15) is 27.2 Å². The SMILES string of the molecule is CN/C=C(\C(=N)c1ccc(OCc2nc3ccccc3cc2C(=O)O)cc1)c1ccncc1. The van der Waals surface area contributed by atoms with Crippen molar-refractivity contribution in [2.75, 3.05) is 7.05 Å². The third-order valence-electron chi connectivity index (χ3n) is 5.10. The van der Waals surface area contributed by atoms with Gasteiger partial charge >= 0.3 is 5.97 Å². The number of allylic oxidation sites excluding steroid dienone is 1. The number of nitrogens with one attached hydrogen (secondary N) is 2. The maximum absolute atomic E-state index is 11.7. The standard InChI is InChI=1S/C26H22N4O3/c1-28-15-22(17-10-12-29-13-11-17)25(27)18-6-8-20(9-7-18)33-16-24-21(26(31)32)14-19-4-2-3-5-23(19)30-24/h2-15,27-28H,16H2,1H3,(H,31,32)/b22-15-,27-25?. The van der Waals surface area contributed by atoms with Crippen molar-refractivity contribution < 1.29 is 14.6 Å². The molecule has 0 amide bonds. The third kappa shape index (κ3) is 4.88. The molecular weight excluding hydrogens is 416 g/mol. The number of rotatable bonds is 8. The zero-order valence-corrected chi connectivity index (χ0v) is 17.9. The van der Waals surface area contributed by atoms with Gasteiger partial charge in [-0.1, -0.05) is 18.2 Å². The molecule has 0 spiro atoms. The summed E-state index contributed by atoms with van der Waals surface area (Å²) in [4.78, 5) is 20.2. The molecule has 7 nitrogen and oxygen atoms in total. The predicted molar refractivity (Wildman–Crippen MR) is 128 cm³/mol. The van der Waals surface area contributed by atoms with Crippen molar-refractivity contribution in [1.82, 2.24) is 15.3 Å². The molecule has 0 aliphatic heterocycles. The minimum atomic E-state index is -1.05. The summed E-state index contributed by atoms with van der Waals surface area (Å²) in [7, 11) is 1.79. The quantitative estimate of drug-likeness (QED) is 0.349. The number of fused-ring (bicyclic) bond motifs is 1. The highest BCUT2D eigenvalue weighted by molar-refractivity contribution is 6.30. The number of ether oxygens (including phenoxy) is 1. The van der Waals surface area contributed by atoms with Crippen LogP contribution in [-0.4, -0.2) is 33.8 Å². The first-order valence-corrected chi connectivity index (χ1v) is 10.3. The smallest absolute Gasteiger partial charge is 0.337 e. The fourth-order valence-electron chi connectivity index (χ4n) is 3.45. The molecule has 0 radical (unpaired) electrons. The molecule has 2 heterocycles. The van der Waals surface area contributed by atoms with Gasteiger partial charge in [0.15, 0.2) is 0 Å². The van der Waals surface area contributed by atoms with Crippen molar-refractivity contribution in [2.45, 2.75) is 6.61 Å². The minimum Gasteiger partial charge on any atom is -0.487 e. The molecule has 33 heavy (non-hydrogen) atoms. The Labute approximate surface area is 190 Å². The van der Waals surface area contributed by atoms with Crippen molar-refractivity contribution >= 4 is 28.2 Å². The lowest BCUT2D eigenvalue weighted by molar-refractivity contribution is 0.0693. The van der Waals surface area contributed by atoms with Crippen molar-refractivity contribution in [1.29, 1.82) is 5.41 Å². The summed E-state index contributed by atoms with van der Waals surface area (Å²) in [6, 6.07) is 19.8. The van der Waals surface area contributed by atoms with Gasteiger partial charge in [0.05, 0.1) is 22.5 Å². The summed E-state index contributed by atoms with van der Waals surface area (Å²) in [5.74, 6) is -0.489. The first kappa shape index (κ1) is 21.7. The Hall–Kier alpha value is -4.52. The summed E-state index contributed by atoms with van der Waals surface area (Å²) in [6.45, 7) is 0.0190. The Balaban J connectivity index is 1.53. The van der Waals surface area contributed by atoms with Crippen LogP contribution >= 0.6 is 0 Å². The Morgan fingerprint density at radius 1 is 1.06 bits per heavy atom. The van der Waals surface area contributed by atoms with Crippen LogP contribution in [-0.2, 0) is 6.61 Å². The topological polar surface area (TPSA) is 108 Å². The van der Waals surface area contributed by atoms with Crippen LogP contribution in [0.2, 0.25) is 0 Å². The zero-order chi connectivity index (χ0) is 23.2. The van der Waals surface area contributed by atoms with E-state index in [0.717, 1.165) is 22.1 Å². The van der Waals surface area contributed by atoms with Crippen LogP contribution in [0, 0.1) is 5.41 Å².